The number of furan rings is 1. The molecule has 1 unspecified atom stereocenters. The third kappa shape index (κ3) is 2.50. The molecular weight excluding hydrogens is 262 g/mol. The number of aliphatic hydroxyl groups is 1. The van der Waals surface area contributed by atoms with Gasteiger partial charge in [0.05, 0.1) is 6.54 Å². The summed E-state index contributed by atoms with van der Waals surface area (Å²) in [6, 6.07) is 7.20. The van der Waals surface area contributed by atoms with E-state index in [0.29, 0.717) is 11.1 Å². The molecule has 106 valence electrons. The maximum atomic E-state index is 12.0. The molecule has 0 spiro atoms. The van der Waals surface area contributed by atoms with E-state index in [-0.39, 0.29) is 5.76 Å². The average Bonchev–Trinajstić information content (AvgIpc) is 2.74. The minimum Gasteiger partial charge on any atom is -0.479 e. The monoisotopic (exact) mass is 277 g/mol. The predicted molar refractivity (Wildman–Crippen MR) is 71.5 cm³/mol. The zero-order valence-electron chi connectivity index (χ0n) is 11.1. The molecular formula is C14H15NO5. The Labute approximate surface area is 115 Å². The summed E-state index contributed by atoms with van der Waals surface area (Å²) in [6.45, 7) is 2.45. The maximum absolute atomic E-state index is 12.0. The van der Waals surface area contributed by atoms with Gasteiger partial charge in [0.15, 0.2) is 11.4 Å². The number of carboxylic acids is 1. The number of carbonyl (C=O) groups excluding carboxylic acids is 1. The lowest BCUT2D eigenvalue weighted by atomic mass is 10.1. The lowest BCUT2D eigenvalue weighted by Gasteiger charge is -2.17. The Balaban J connectivity index is 2.20. The van der Waals surface area contributed by atoms with Crippen LogP contribution in [0.4, 0.5) is 0 Å². The molecule has 2 rings (SSSR count). The van der Waals surface area contributed by atoms with Gasteiger partial charge in [0.2, 0.25) is 0 Å². The second-order valence-electron chi connectivity index (χ2n) is 4.81. The van der Waals surface area contributed by atoms with Crippen LogP contribution in [0.3, 0.4) is 0 Å². The molecule has 1 heterocycles. The van der Waals surface area contributed by atoms with E-state index >= 15 is 0 Å². The number of hydrogen-bond donors (Lipinski definition) is 3. The molecule has 0 bridgehead atoms. The highest BCUT2D eigenvalue weighted by Crippen LogP contribution is 2.24. The molecule has 1 amide bonds. The van der Waals surface area contributed by atoms with Gasteiger partial charge in [-0.05, 0) is 19.9 Å². The van der Waals surface area contributed by atoms with E-state index in [9.17, 15) is 14.7 Å². The molecule has 0 fully saturated rings. The highest BCUT2D eigenvalue weighted by molar-refractivity contribution is 5.99. The van der Waals surface area contributed by atoms with E-state index < -0.39 is 24.0 Å². The first-order valence-electron chi connectivity index (χ1n) is 6.05. The Morgan fingerprint density at radius 1 is 1.35 bits per heavy atom. The topological polar surface area (TPSA) is 99.8 Å². The molecule has 0 saturated carbocycles. The van der Waals surface area contributed by atoms with E-state index in [2.05, 4.69) is 5.32 Å². The first-order valence-corrected chi connectivity index (χ1v) is 6.05. The minimum absolute atomic E-state index is 0.118. The fourth-order valence-electron chi connectivity index (χ4n) is 1.80. The number of rotatable bonds is 4. The Hall–Kier alpha value is -2.34. The summed E-state index contributed by atoms with van der Waals surface area (Å²) in [5.41, 5.74) is -0.761. The van der Waals surface area contributed by atoms with Crippen LogP contribution in [0.5, 0.6) is 0 Å². The quantitative estimate of drug-likeness (QED) is 0.782. The number of amides is 1. The largest absolute Gasteiger partial charge is 0.479 e. The Morgan fingerprint density at radius 2 is 2.00 bits per heavy atom. The van der Waals surface area contributed by atoms with Crippen molar-refractivity contribution in [3.63, 3.8) is 0 Å². The van der Waals surface area contributed by atoms with E-state index in [4.69, 9.17) is 9.52 Å². The van der Waals surface area contributed by atoms with Gasteiger partial charge < -0.3 is 19.9 Å². The SMILES string of the molecule is Cc1c(C(=O)NCC(C)(O)C(=O)O)oc2ccccc12. The first kappa shape index (κ1) is 14.1. The van der Waals surface area contributed by atoms with Crippen LogP contribution in [0.2, 0.25) is 0 Å². The van der Waals surface area contributed by atoms with Gasteiger partial charge in [-0.25, -0.2) is 4.79 Å². The van der Waals surface area contributed by atoms with Crippen LogP contribution in [0.15, 0.2) is 28.7 Å². The van der Waals surface area contributed by atoms with Crippen LogP contribution in [0, 0.1) is 6.92 Å². The molecule has 6 nitrogen and oxygen atoms in total. The smallest absolute Gasteiger partial charge is 0.337 e. The van der Waals surface area contributed by atoms with Crippen molar-refractivity contribution < 1.29 is 24.2 Å². The molecule has 0 saturated heterocycles. The van der Waals surface area contributed by atoms with E-state index in [1.54, 1.807) is 19.1 Å². The van der Waals surface area contributed by atoms with Crippen LogP contribution in [0.25, 0.3) is 11.0 Å². The summed E-state index contributed by atoms with van der Waals surface area (Å²) in [6.07, 6.45) is 0. The molecule has 1 aromatic heterocycles. The molecule has 0 radical (unpaired) electrons. The molecule has 0 aliphatic heterocycles. The second kappa shape index (κ2) is 4.97. The van der Waals surface area contributed by atoms with Gasteiger partial charge in [-0.1, -0.05) is 18.2 Å². The van der Waals surface area contributed by atoms with Gasteiger partial charge in [-0.3, -0.25) is 4.79 Å². The minimum atomic E-state index is -2.02. The number of hydrogen-bond acceptors (Lipinski definition) is 4. The Bertz CT molecular complexity index is 671. The van der Waals surface area contributed by atoms with Crippen LogP contribution in [-0.2, 0) is 4.79 Å². The van der Waals surface area contributed by atoms with Crippen LogP contribution >= 0.6 is 0 Å². The van der Waals surface area contributed by atoms with Gasteiger partial charge in [-0.15, -0.1) is 0 Å². The number of benzene rings is 1. The average molecular weight is 277 g/mol. The van der Waals surface area contributed by atoms with Crippen molar-refractivity contribution in [3.8, 4) is 0 Å². The van der Waals surface area contributed by atoms with Gasteiger partial charge in [0.1, 0.15) is 5.58 Å². The number of carboxylic acid groups (broad SMARTS) is 1. The van der Waals surface area contributed by atoms with Crippen molar-refractivity contribution in [1.82, 2.24) is 5.32 Å². The Morgan fingerprint density at radius 3 is 2.60 bits per heavy atom. The summed E-state index contributed by atoms with van der Waals surface area (Å²) < 4.78 is 5.45. The van der Waals surface area contributed by atoms with Gasteiger partial charge in [0.25, 0.3) is 5.91 Å². The van der Waals surface area contributed by atoms with Crippen molar-refractivity contribution in [2.24, 2.45) is 0 Å². The maximum Gasteiger partial charge on any atom is 0.337 e. The van der Waals surface area contributed by atoms with Crippen LogP contribution < -0.4 is 5.32 Å². The predicted octanol–water partition coefficient (Wildman–Crippen LogP) is 1.31. The molecule has 20 heavy (non-hydrogen) atoms. The lowest BCUT2D eigenvalue weighted by molar-refractivity contribution is -0.155. The highest BCUT2D eigenvalue weighted by Gasteiger charge is 2.31. The molecule has 3 N–H and O–H groups in total. The summed E-state index contributed by atoms with van der Waals surface area (Å²) in [5.74, 6) is -1.84. The third-order valence-corrected chi connectivity index (χ3v) is 3.10. The van der Waals surface area contributed by atoms with E-state index in [1.807, 2.05) is 12.1 Å². The number of fused-ring (bicyclic) bond motifs is 1. The standard InChI is InChI=1S/C14H15NO5/c1-8-9-5-3-4-6-10(9)20-11(8)12(16)15-7-14(2,19)13(17)18/h3-6,19H,7H2,1-2H3,(H,15,16)(H,17,18). The summed E-state index contributed by atoms with van der Waals surface area (Å²) in [7, 11) is 0. The number of aryl methyl sites for hydroxylation is 1. The molecule has 1 atom stereocenters. The fourth-order valence-corrected chi connectivity index (χ4v) is 1.80. The Kier molecular flexibility index (Phi) is 3.50. The van der Waals surface area contributed by atoms with Crippen molar-refractivity contribution >= 4 is 22.8 Å². The number of carbonyl (C=O) groups is 2. The van der Waals surface area contributed by atoms with Gasteiger partial charge in [-0.2, -0.15) is 0 Å². The zero-order valence-corrected chi connectivity index (χ0v) is 11.1. The molecule has 0 aliphatic carbocycles. The van der Waals surface area contributed by atoms with Crippen molar-refractivity contribution in [3.05, 3.63) is 35.6 Å². The van der Waals surface area contributed by atoms with E-state index in [0.717, 1.165) is 12.3 Å². The number of para-hydroxylation sites is 1. The third-order valence-electron chi connectivity index (χ3n) is 3.10. The van der Waals surface area contributed by atoms with Crippen molar-refractivity contribution in [2.45, 2.75) is 19.4 Å². The summed E-state index contributed by atoms with van der Waals surface area (Å²) in [4.78, 5) is 22.7. The molecule has 6 heteroatoms. The number of nitrogens with one attached hydrogen (secondary N) is 1. The van der Waals surface area contributed by atoms with Gasteiger partial charge >= 0.3 is 5.97 Å². The molecule has 2 aromatic rings. The highest BCUT2D eigenvalue weighted by atomic mass is 16.4. The van der Waals surface area contributed by atoms with Crippen LogP contribution in [0.1, 0.15) is 23.0 Å². The van der Waals surface area contributed by atoms with E-state index in [1.165, 1.54) is 0 Å². The first-order chi connectivity index (χ1) is 9.33. The fraction of sp³-hybridized carbons (Fsp3) is 0.286. The molecule has 1 aromatic carbocycles. The lowest BCUT2D eigenvalue weighted by Crippen LogP contribution is -2.46. The summed E-state index contributed by atoms with van der Waals surface area (Å²) in [5, 5.41) is 21.5. The van der Waals surface area contributed by atoms with Crippen LogP contribution in [-0.4, -0.2) is 34.2 Å². The molecule has 0 aliphatic rings. The van der Waals surface area contributed by atoms with Gasteiger partial charge in [0, 0.05) is 10.9 Å². The number of aliphatic carboxylic acids is 1. The summed E-state index contributed by atoms with van der Waals surface area (Å²) >= 11 is 0. The van der Waals surface area contributed by atoms with Crippen molar-refractivity contribution in [2.75, 3.05) is 6.54 Å². The van der Waals surface area contributed by atoms with Crippen molar-refractivity contribution in [1.29, 1.82) is 0 Å². The zero-order chi connectivity index (χ0) is 14.9. The normalized spacial score (nSPS) is 13.9. The second-order valence-corrected chi connectivity index (χ2v) is 4.81.